The Balaban J connectivity index is 2.23. The first-order chi connectivity index (χ1) is 8.79. The first-order valence-corrected chi connectivity index (χ1v) is 5.80. The van der Waals surface area contributed by atoms with Crippen molar-refractivity contribution in [3.63, 3.8) is 0 Å². The smallest absolute Gasteiger partial charge is 0.142 e. The van der Waals surface area contributed by atoms with E-state index in [1.54, 1.807) is 7.11 Å². The van der Waals surface area contributed by atoms with Crippen molar-refractivity contribution < 1.29 is 4.74 Å². The molecule has 2 heterocycles. The van der Waals surface area contributed by atoms with Crippen LogP contribution in [0.4, 0.5) is 0 Å². The standard InChI is InChI=1S/C13H10ClN3O/c1-18-11-5-3-2-4-8(11)10-6-9-12(14)15-7-16-13(9)17-10/h2-7H,1H3,(H,15,16,17). The zero-order valence-corrected chi connectivity index (χ0v) is 10.4. The Kier molecular flexibility index (Phi) is 2.64. The molecule has 2 aromatic heterocycles. The molecule has 0 aliphatic rings. The number of nitrogens with one attached hydrogen (secondary N) is 1. The van der Waals surface area contributed by atoms with Gasteiger partial charge < -0.3 is 9.72 Å². The lowest BCUT2D eigenvalue weighted by molar-refractivity contribution is 0.416. The lowest BCUT2D eigenvalue weighted by Gasteiger charge is -2.05. The molecular weight excluding hydrogens is 250 g/mol. The molecule has 90 valence electrons. The van der Waals surface area contributed by atoms with Crippen molar-refractivity contribution in [1.29, 1.82) is 0 Å². The van der Waals surface area contributed by atoms with Crippen molar-refractivity contribution >= 4 is 22.6 Å². The Bertz CT molecular complexity index is 708. The molecule has 1 aromatic carbocycles. The number of hydrogen-bond acceptors (Lipinski definition) is 3. The van der Waals surface area contributed by atoms with E-state index in [2.05, 4.69) is 15.0 Å². The second kappa shape index (κ2) is 4.31. The van der Waals surface area contributed by atoms with Crippen LogP contribution in [0.3, 0.4) is 0 Å². The number of benzene rings is 1. The highest BCUT2D eigenvalue weighted by Gasteiger charge is 2.10. The number of nitrogens with zero attached hydrogens (tertiary/aromatic N) is 2. The van der Waals surface area contributed by atoms with Crippen molar-refractivity contribution in [2.45, 2.75) is 0 Å². The van der Waals surface area contributed by atoms with Crippen LogP contribution in [0.2, 0.25) is 5.15 Å². The number of H-pyrrole nitrogens is 1. The second-order valence-electron chi connectivity index (χ2n) is 3.81. The third kappa shape index (κ3) is 1.71. The number of methoxy groups -OCH3 is 1. The minimum atomic E-state index is 0.442. The number of ether oxygens (including phenoxy) is 1. The fourth-order valence-electron chi connectivity index (χ4n) is 1.92. The van der Waals surface area contributed by atoms with Gasteiger partial charge in [0.05, 0.1) is 18.2 Å². The van der Waals surface area contributed by atoms with E-state index in [0.717, 1.165) is 28.0 Å². The van der Waals surface area contributed by atoms with Gasteiger partial charge in [0.15, 0.2) is 0 Å². The van der Waals surface area contributed by atoms with Crippen molar-refractivity contribution in [2.24, 2.45) is 0 Å². The SMILES string of the molecule is COc1ccccc1-c1cc2c(Cl)ncnc2[nH]1. The van der Waals surface area contributed by atoms with E-state index < -0.39 is 0 Å². The van der Waals surface area contributed by atoms with Crippen molar-refractivity contribution in [1.82, 2.24) is 15.0 Å². The summed E-state index contributed by atoms with van der Waals surface area (Å²) in [7, 11) is 1.65. The van der Waals surface area contributed by atoms with E-state index in [-0.39, 0.29) is 0 Å². The molecule has 0 bridgehead atoms. The summed E-state index contributed by atoms with van der Waals surface area (Å²) in [6.07, 6.45) is 1.44. The summed E-state index contributed by atoms with van der Waals surface area (Å²) in [4.78, 5) is 11.3. The largest absolute Gasteiger partial charge is 0.496 e. The quantitative estimate of drug-likeness (QED) is 0.719. The van der Waals surface area contributed by atoms with Crippen LogP contribution in [0, 0.1) is 0 Å². The lowest BCUT2D eigenvalue weighted by Crippen LogP contribution is -1.87. The normalized spacial score (nSPS) is 10.8. The van der Waals surface area contributed by atoms with Crippen LogP contribution in [-0.4, -0.2) is 22.1 Å². The molecule has 4 nitrogen and oxygen atoms in total. The summed E-state index contributed by atoms with van der Waals surface area (Å²) in [6, 6.07) is 9.70. The Morgan fingerprint density at radius 1 is 1.22 bits per heavy atom. The van der Waals surface area contributed by atoms with E-state index in [9.17, 15) is 0 Å². The third-order valence-electron chi connectivity index (χ3n) is 2.77. The monoisotopic (exact) mass is 259 g/mol. The van der Waals surface area contributed by atoms with Crippen molar-refractivity contribution in [2.75, 3.05) is 7.11 Å². The van der Waals surface area contributed by atoms with Gasteiger partial charge in [-0.05, 0) is 18.2 Å². The van der Waals surface area contributed by atoms with Crippen LogP contribution in [0.25, 0.3) is 22.3 Å². The summed E-state index contributed by atoms with van der Waals surface area (Å²) in [6.45, 7) is 0. The molecule has 0 unspecified atom stereocenters. The third-order valence-corrected chi connectivity index (χ3v) is 3.08. The Hall–Kier alpha value is -2.07. The van der Waals surface area contributed by atoms with Crippen LogP contribution < -0.4 is 4.74 Å². The van der Waals surface area contributed by atoms with Gasteiger partial charge in [-0.15, -0.1) is 0 Å². The zero-order valence-electron chi connectivity index (χ0n) is 9.64. The van der Waals surface area contributed by atoms with Gasteiger partial charge in [0, 0.05) is 5.56 Å². The molecule has 0 saturated carbocycles. The first kappa shape index (κ1) is 11.0. The highest BCUT2D eigenvalue weighted by Crippen LogP contribution is 2.32. The number of fused-ring (bicyclic) bond motifs is 1. The van der Waals surface area contributed by atoms with Gasteiger partial charge in [-0.2, -0.15) is 0 Å². The minimum absolute atomic E-state index is 0.442. The Morgan fingerprint density at radius 2 is 2.06 bits per heavy atom. The van der Waals surface area contributed by atoms with Crippen LogP contribution >= 0.6 is 11.6 Å². The molecule has 0 fully saturated rings. The van der Waals surface area contributed by atoms with Crippen LogP contribution in [0.1, 0.15) is 0 Å². The minimum Gasteiger partial charge on any atom is -0.496 e. The molecule has 3 rings (SSSR count). The summed E-state index contributed by atoms with van der Waals surface area (Å²) in [5.74, 6) is 0.799. The molecule has 1 N–H and O–H groups in total. The fourth-order valence-corrected chi connectivity index (χ4v) is 2.11. The van der Waals surface area contributed by atoms with Gasteiger partial charge in [0.2, 0.25) is 0 Å². The molecule has 5 heteroatoms. The van der Waals surface area contributed by atoms with Gasteiger partial charge in [0.1, 0.15) is 22.9 Å². The molecule has 0 saturated heterocycles. The van der Waals surface area contributed by atoms with Gasteiger partial charge in [-0.3, -0.25) is 0 Å². The van der Waals surface area contributed by atoms with Gasteiger partial charge in [-0.25, -0.2) is 9.97 Å². The fraction of sp³-hybridized carbons (Fsp3) is 0.0769. The maximum absolute atomic E-state index is 6.03. The molecule has 0 radical (unpaired) electrons. The maximum Gasteiger partial charge on any atom is 0.142 e. The highest BCUT2D eigenvalue weighted by molar-refractivity contribution is 6.34. The first-order valence-electron chi connectivity index (χ1n) is 5.42. The lowest BCUT2D eigenvalue weighted by atomic mass is 10.1. The molecule has 3 aromatic rings. The summed E-state index contributed by atoms with van der Waals surface area (Å²) >= 11 is 6.03. The average molecular weight is 260 g/mol. The molecule has 0 aliphatic carbocycles. The molecular formula is C13H10ClN3O. The van der Waals surface area contributed by atoms with Crippen molar-refractivity contribution in [3.05, 3.63) is 41.8 Å². The second-order valence-corrected chi connectivity index (χ2v) is 4.17. The number of para-hydroxylation sites is 1. The number of halogens is 1. The average Bonchev–Trinajstić information content (AvgIpc) is 2.84. The van der Waals surface area contributed by atoms with Gasteiger partial charge >= 0.3 is 0 Å². The Labute approximate surface area is 109 Å². The summed E-state index contributed by atoms with van der Waals surface area (Å²) < 4.78 is 5.34. The molecule has 0 spiro atoms. The van der Waals surface area contributed by atoms with Crippen molar-refractivity contribution in [3.8, 4) is 17.0 Å². The predicted molar refractivity (Wildman–Crippen MR) is 70.9 cm³/mol. The number of hydrogen-bond donors (Lipinski definition) is 1. The zero-order chi connectivity index (χ0) is 12.5. The van der Waals surface area contributed by atoms with Crippen LogP contribution in [0.5, 0.6) is 5.75 Å². The van der Waals surface area contributed by atoms with Crippen LogP contribution in [0.15, 0.2) is 36.7 Å². The number of rotatable bonds is 2. The predicted octanol–water partition coefficient (Wildman–Crippen LogP) is 3.29. The van der Waals surface area contributed by atoms with Gasteiger partial charge in [-0.1, -0.05) is 23.7 Å². The summed E-state index contributed by atoms with van der Waals surface area (Å²) in [5.41, 5.74) is 2.59. The Morgan fingerprint density at radius 3 is 2.83 bits per heavy atom. The topological polar surface area (TPSA) is 50.8 Å². The van der Waals surface area contributed by atoms with E-state index in [4.69, 9.17) is 16.3 Å². The van der Waals surface area contributed by atoms with Crippen LogP contribution in [-0.2, 0) is 0 Å². The molecule has 0 aliphatic heterocycles. The van der Waals surface area contributed by atoms with E-state index in [0.29, 0.717) is 5.15 Å². The van der Waals surface area contributed by atoms with E-state index in [1.165, 1.54) is 6.33 Å². The number of aromatic amines is 1. The molecule has 0 amide bonds. The van der Waals surface area contributed by atoms with E-state index in [1.807, 2.05) is 30.3 Å². The van der Waals surface area contributed by atoms with Gasteiger partial charge in [0.25, 0.3) is 0 Å². The molecule has 18 heavy (non-hydrogen) atoms. The maximum atomic E-state index is 6.03. The highest BCUT2D eigenvalue weighted by atomic mass is 35.5. The number of aromatic nitrogens is 3. The molecule has 0 atom stereocenters. The summed E-state index contributed by atoms with van der Waals surface area (Å²) in [5, 5.41) is 1.25. The van der Waals surface area contributed by atoms with E-state index >= 15 is 0 Å².